The number of nitrogens with zero attached hydrogens (tertiary/aromatic N) is 1. The molecule has 2 N–H and O–H groups in total. The fourth-order valence-corrected chi connectivity index (χ4v) is 0.971. The van der Waals surface area contributed by atoms with E-state index in [9.17, 15) is 17.2 Å². The van der Waals surface area contributed by atoms with Crippen molar-refractivity contribution in [3.8, 4) is 0 Å². The molecular formula is C4H5F2N3O2S. The first-order chi connectivity index (χ1) is 5.52. The highest BCUT2D eigenvalue weighted by molar-refractivity contribution is 7.92. The van der Waals surface area contributed by atoms with Crippen LogP contribution in [0.1, 0.15) is 0 Å². The Bertz CT molecular complexity index is 333. The molecule has 1 heterocycles. The number of nitrogens with one attached hydrogen (secondary N) is 2. The third-order valence-electron chi connectivity index (χ3n) is 0.972. The highest BCUT2D eigenvalue weighted by Crippen LogP contribution is 2.07. The van der Waals surface area contributed by atoms with E-state index >= 15 is 0 Å². The van der Waals surface area contributed by atoms with Crippen molar-refractivity contribution in [3.63, 3.8) is 0 Å². The predicted octanol–water partition coefficient (Wildman–Crippen LogP) is 0.374. The Labute approximate surface area is 66.9 Å². The molecule has 0 aliphatic carbocycles. The number of aromatic nitrogens is 2. The van der Waals surface area contributed by atoms with Gasteiger partial charge >= 0.3 is 5.76 Å². The molecule has 0 aliphatic rings. The predicted molar refractivity (Wildman–Crippen MR) is 37.1 cm³/mol. The number of aromatic amines is 1. The zero-order valence-electron chi connectivity index (χ0n) is 5.66. The van der Waals surface area contributed by atoms with Crippen molar-refractivity contribution >= 4 is 16.0 Å². The van der Waals surface area contributed by atoms with E-state index in [1.165, 1.54) is 12.4 Å². The maximum Gasteiger partial charge on any atom is 0.355 e. The minimum absolute atomic E-state index is 0.227. The molecule has 8 heteroatoms. The highest BCUT2D eigenvalue weighted by atomic mass is 32.2. The lowest BCUT2D eigenvalue weighted by molar-refractivity contribution is 0.236. The van der Waals surface area contributed by atoms with E-state index in [1.807, 2.05) is 0 Å². The summed E-state index contributed by atoms with van der Waals surface area (Å²) in [7, 11) is -4.60. The van der Waals surface area contributed by atoms with E-state index < -0.39 is 15.8 Å². The van der Waals surface area contributed by atoms with Gasteiger partial charge in [-0.15, -0.1) is 0 Å². The molecule has 0 atom stereocenters. The summed E-state index contributed by atoms with van der Waals surface area (Å²) in [6.45, 7) is 0. The zero-order chi connectivity index (χ0) is 9.19. The Morgan fingerprint density at radius 2 is 2.25 bits per heavy atom. The summed E-state index contributed by atoms with van der Waals surface area (Å²) in [5.74, 6) is -3.68. The van der Waals surface area contributed by atoms with Gasteiger partial charge in [0.2, 0.25) is 5.95 Å². The van der Waals surface area contributed by atoms with Crippen LogP contribution in [0.4, 0.5) is 14.7 Å². The smallest absolute Gasteiger partial charge is 0.330 e. The number of anilines is 1. The van der Waals surface area contributed by atoms with Gasteiger partial charge in [0.15, 0.2) is 0 Å². The number of hydrogen-bond acceptors (Lipinski definition) is 3. The van der Waals surface area contributed by atoms with Gasteiger partial charge in [-0.1, -0.05) is 0 Å². The summed E-state index contributed by atoms with van der Waals surface area (Å²) in [6, 6.07) is 0. The SMILES string of the molecule is O=S(=O)(Nc1ncc[nH]1)C(F)F. The molecule has 0 radical (unpaired) electrons. The van der Waals surface area contributed by atoms with E-state index in [-0.39, 0.29) is 5.95 Å². The second kappa shape index (κ2) is 3.05. The van der Waals surface area contributed by atoms with Crippen LogP contribution in [-0.2, 0) is 10.0 Å². The first kappa shape index (κ1) is 8.91. The molecule has 0 unspecified atom stereocenters. The first-order valence-corrected chi connectivity index (χ1v) is 4.36. The summed E-state index contributed by atoms with van der Waals surface area (Å²) >= 11 is 0. The summed E-state index contributed by atoms with van der Waals surface area (Å²) in [6.07, 6.45) is 2.55. The number of imidazole rings is 1. The van der Waals surface area contributed by atoms with Crippen LogP contribution in [0.2, 0.25) is 0 Å². The van der Waals surface area contributed by atoms with Gasteiger partial charge in [0.1, 0.15) is 0 Å². The van der Waals surface area contributed by atoms with Gasteiger partial charge in [-0.3, -0.25) is 0 Å². The molecule has 5 nitrogen and oxygen atoms in total. The van der Waals surface area contributed by atoms with Gasteiger partial charge in [-0.25, -0.2) is 18.1 Å². The summed E-state index contributed by atoms with van der Waals surface area (Å²) in [5.41, 5.74) is 0. The molecule has 68 valence electrons. The largest absolute Gasteiger partial charge is 0.355 e. The van der Waals surface area contributed by atoms with Gasteiger partial charge in [0, 0.05) is 12.4 Å². The van der Waals surface area contributed by atoms with E-state index in [0.29, 0.717) is 0 Å². The van der Waals surface area contributed by atoms with Crippen molar-refractivity contribution in [3.05, 3.63) is 12.4 Å². The van der Waals surface area contributed by atoms with E-state index in [2.05, 4.69) is 9.97 Å². The average Bonchev–Trinajstić information content (AvgIpc) is 2.38. The Morgan fingerprint density at radius 1 is 1.58 bits per heavy atom. The van der Waals surface area contributed by atoms with Gasteiger partial charge in [0.25, 0.3) is 10.0 Å². The van der Waals surface area contributed by atoms with Crippen LogP contribution in [0.3, 0.4) is 0 Å². The monoisotopic (exact) mass is 197 g/mol. The number of hydrogen-bond donors (Lipinski definition) is 2. The number of rotatable bonds is 3. The second-order valence-electron chi connectivity index (χ2n) is 1.85. The Balaban J connectivity index is 2.77. The number of halogens is 2. The molecule has 1 rings (SSSR count). The summed E-state index contributed by atoms with van der Waals surface area (Å²) < 4.78 is 45.9. The molecule has 0 bridgehead atoms. The van der Waals surface area contributed by atoms with Crippen LogP contribution in [0.15, 0.2) is 12.4 Å². The average molecular weight is 197 g/mol. The van der Waals surface area contributed by atoms with Crippen LogP contribution in [0, 0.1) is 0 Å². The van der Waals surface area contributed by atoms with Crippen molar-refractivity contribution in [1.29, 1.82) is 0 Å². The van der Waals surface area contributed by atoms with Crippen molar-refractivity contribution < 1.29 is 17.2 Å². The lowest BCUT2D eigenvalue weighted by Crippen LogP contribution is -2.21. The van der Waals surface area contributed by atoms with E-state index in [4.69, 9.17) is 0 Å². The Morgan fingerprint density at radius 3 is 2.67 bits per heavy atom. The quantitative estimate of drug-likeness (QED) is 0.735. The van der Waals surface area contributed by atoms with Gasteiger partial charge < -0.3 is 4.98 Å². The standard InChI is InChI=1S/C4H5F2N3O2S/c5-3(6)12(10,11)9-4-7-1-2-8-4/h1-3H,(H2,7,8,9). The van der Waals surface area contributed by atoms with Crippen LogP contribution >= 0.6 is 0 Å². The normalized spacial score (nSPS) is 11.9. The van der Waals surface area contributed by atoms with Crippen LogP contribution in [0.25, 0.3) is 0 Å². The third kappa shape index (κ3) is 1.91. The lowest BCUT2D eigenvalue weighted by atomic mass is 11.0. The molecular weight excluding hydrogens is 192 g/mol. The van der Waals surface area contributed by atoms with Gasteiger partial charge in [-0.05, 0) is 0 Å². The van der Waals surface area contributed by atoms with Crippen molar-refractivity contribution in [2.45, 2.75) is 5.76 Å². The topological polar surface area (TPSA) is 74.8 Å². The van der Waals surface area contributed by atoms with Gasteiger partial charge in [0.05, 0.1) is 0 Å². The molecule has 0 aliphatic heterocycles. The molecule has 0 fully saturated rings. The second-order valence-corrected chi connectivity index (χ2v) is 3.50. The molecule has 0 spiro atoms. The van der Waals surface area contributed by atoms with Gasteiger partial charge in [-0.2, -0.15) is 8.78 Å². The Hall–Kier alpha value is -1.18. The third-order valence-corrected chi connectivity index (χ3v) is 1.92. The maximum atomic E-state index is 11.7. The molecule has 0 saturated heterocycles. The summed E-state index contributed by atoms with van der Waals surface area (Å²) in [5, 5.41) is 0. The zero-order valence-corrected chi connectivity index (χ0v) is 6.48. The first-order valence-electron chi connectivity index (χ1n) is 2.81. The fourth-order valence-electron chi connectivity index (χ4n) is 0.500. The molecule has 0 saturated carbocycles. The van der Waals surface area contributed by atoms with Crippen LogP contribution < -0.4 is 4.72 Å². The Kier molecular flexibility index (Phi) is 2.27. The number of alkyl halides is 2. The fraction of sp³-hybridized carbons (Fsp3) is 0.250. The van der Waals surface area contributed by atoms with Crippen molar-refractivity contribution in [2.24, 2.45) is 0 Å². The van der Waals surface area contributed by atoms with Crippen LogP contribution in [0.5, 0.6) is 0 Å². The molecule has 1 aromatic heterocycles. The maximum absolute atomic E-state index is 11.7. The molecule has 12 heavy (non-hydrogen) atoms. The minimum atomic E-state index is -4.60. The molecule has 0 aromatic carbocycles. The molecule has 1 aromatic rings. The molecule has 0 amide bonds. The summed E-state index contributed by atoms with van der Waals surface area (Å²) in [4.78, 5) is 5.72. The van der Waals surface area contributed by atoms with Crippen molar-refractivity contribution in [1.82, 2.24) is 9.97 Å². The van der Waals surface area contributed by atoms with Crippen molar-refractivity contribution in [2.75, 3.05) is 4.72 Å². The van der Waals surface area contributed by atoms with E-state index in [1.54, 1.807) is 4.72 Å². The number of H-pyrrole nitrogens is 1. The van der Waals surface area contributed by atoms with Crippen LogP contribution in [-0.4, -0.2) is 24.1 Å². The highest BCUT2D eigenvalue weighted by Gasteiger charge is 2.24. The minimum Gasteiger partial charge on any atom is -0.330 e. The van der Waals surface area contributed by atoms with E-state index in [0.717, 1.165) is 0 Å². The lowest BCUT2D eigenvalue weighted by Gasteiger charge is -2.01. The number of sulfonamides is 1.